The zero-order chi connectivity index (χ0) is 13.1. The third-order valence-corrected chi connectivity index (χ3v) is 2.73. The largest absolute Gasteiger partial charge is 0.397 e. The molecule has 0 saturated heterocycles. The molecule has 2 aromatic rings. The summed E-state index contributed by atoms with van der Waals surface area (Å²) in [6.45, 7) is 4.01. The van der Waals surface area contributed by atoms with E-state index < -0.39 is 0 Å². The third-order valence-electron chi connectivity index (χ3n) is 2.73. The van der Waals surface area contributed by atoms with Crippen LogP contribution in [0.1, 0.15) is 11.1 Å². The Balaban J connectivity index is 2.13. The second-order valence-electron chi connectivity index (χ2n) is 4.43. The summed E-state index contributed by atoms with van der Waals surface area (Å²) in [6, 6.07) is 11.8. The molecule has 2 rings (SSSR count). The first-order valence-electron chi connectivity index (χ1n) is 5.80. The van der Waals surface area contributed by atoms with Crippen molar-refractivity contribution in [3.8, 4) is 0 Å². The van der Waals surface area contributed by atoms with Crippen molar-refractivity contribution in [2.75, 3.05) is 22.3 Å². The van der Waals surface area contributed by atoms with Gasteiger partial charge in [0, 0.05) is 0 Å². The van der Waals surface area contributed by atoms with Gasteiger partial charge in [-0.25, -0.2) is 0 Å². The lowest BCUT2D eigenvalue weighted by atomic mass is 10.1. The summed E-state index contributed by atoms with van der Waals surface area (Å²) in [6.07, 6.45) is 0. The molecular formula is C14H18N4. The van der Waals surface area contributed by atoms with Gasteiger partial charge in [0.1, 0.15) is 0 Å². The second kappa shape index (κ2) is 4.87. The van der Waals surface area contributed by atoms with E-state index in [4.69, 9.17) is 11.5 Å². The van der Waals surface area contributed by atoms with Crippen LogP contribution in [-0.2, 0) is 0 Å². The third kappa shape index (κ3) is 2.66. The molecule has 0 atom stereocenters. The molecule has 4 nitrogen and oxygen atoms in total. The standard InChI is InChI=1S/C14H18N4/c1-9-3-5-11(6-4-9)17-18-14-12(15)7-10(2)8-13(14)16/h3-8,17-18H,15-16H2,1-2H3. The molecule has 2 aromatic carbocycles. The van der Waals surface area contributed by atoms with Crippen molar-refractivity contribution in [1.82, 2.24) is 0 Å². The van der Waals surface area contributed by atoms with Crippen molar-refractivity contribution >= 4 is 22.7 Å². The SMILES string of the molecule is Cc1ccc(NNc2c(N)cc(C)cc2N)cc1. The Morgan fingerprint density at radius 2 is 1.33 bits per heavy atom. The van der Waals surface area contributed by atoms with Gasteiger partial charge in [-0.15, -0.1) is 0 Å². The van der Waals surface area contributed by atoms with Crippen LogP contribution >= 0.6 is 0 Å². The number of nitrogens with one attached hydrogen (secondary N) is 2. The smallest absolute Gasteiger partial charge is 0.0999 e. The van der Waals surface area contributed by atoms with Crippen LogP contribution in [-0.4, -0.2) is 0 Å². The first-order valence-corrected chi connectivity index (χ1v) is 5.80. The Kier molecular flexibility index (Phi) is 3.28. The lowest BCUT2D eigenvalue weighted by Gasteiger charge is -2.15. The fourth-order valence-electron chi connectivity index (χ4n) is 1.76. The highest BCUT2D eigenvalue weighted by atomic mass is 15.4. The predicted octanol–water partition coefficient (Wildman–Crippen LogP) is 2.91. The van der Waals surface area contributed by atoms with Crippen molar-refractivity contribution in [2.45, 2.75) is 13.8 Å². The van der Waals surface area contributed by atoms with Crippen LogP contribution in [0.5, 0.6) is 0 Å². The van der Waals surface area contributed by atoms with E-state index in [1.165, 1.54) is 5.56 Å². The molecule has 6 N–H and O–H groups in total. The van der Waals surface area contributed by atoms with Crippen molar-refractivity contribution in [1.29, 1.82) is 0 Å². The van der Waals surface area contributed by atoms with Gasteiger partial charge in [0.15, 0.2) is 0 Å². The van der Waals surface area contributed by atoms with Crippen LogP contribution in [0.4, 0.5) is 22.7 Å². The first-order chi connectivity index (χ1) is 8.56. The predicted molar refractivity (Wildman–Crippen MR) is 78.4 cm³/mol. The van der Waals surface area contributed by atoms with E-state index in [2.05, 4.69) is 10.9 Å². The minimum Gasteiger partial charge on any atom is -0.397 e. The van der Waals surface area contributed by atoms with E-state index in [1.807, 2.05) is 50.2 Å². The molecule has 0 saturated carbocycles. The number of hydrogen-bond acceptors (Lipinski definition) is 4. The maximum Gasteiger partial charge on any atom is 0.0999 e. The van der Waals surface area contributed by atoms with Gasteiger partial charge in [-0.2, -0.15) is 0 Å². The fourth-order valence-corrected chi connectivity index (χ4v) is 1.76. The van der Waals surface area contributed by atoms with Gasteiger partial charge in [-0.3, -0.25) is 5.43 Å². The summed E-state index contributed by atoms with van der Waals surface area (Å²) in [7, 11) is 0. The number of rotatable bonds is 3. The highest BCUT2D eigenvalue weighted by Gasteiger charge is 2.04. The summed E-state index contributed by atoms with van der Waals surface area (Å²) >= 11 is 0. The van der Waals surface area contributed by atoms with E-state index in [0.717, 1.165) is 11.3 Å². The molecule has 0 fully saturated rings. The Morgan fingerprint density at radius 1 is 0.778 bits per heavy atom. The molecule has 0 heterocycles. The minimum absolute atomic E-state index is 0.632. The summed E-state index contributed by atoms with van der Waals surface area (Å²) in [5, 5.41) is 0. The number of nitrogens with two attached hydrogens (primary N) is 2. The van der Waals surface area contributed by atoms with E-state index >= 15 is 0 Å². The number of hydrazine groups is 1. The molecule has 0 amide bonds. The Labute approximate surface area is 107 Å². The number of anilines is 4. The van der Waals surface area contributed by atoms with Gasteiger partial charge >= 0.3 is 0 Å². The molecule has 4 heteroatoms. The van der Waals surface area contributed by atoms with Crippen LogP contribution in [0.15, 0.2) is 36.4 Å². The molecule has 0 radical (unpaired) electrons. The van der Waals surface area contributed by atoms with E-state index in [1.54, 1.807) is 0 Å². The van der Waals surface area contributed by atoms with E-state index in [-0.39, 0.29) is 0 Å². The van der Waals surface area contributed by atoms with Crippen LogP contribution in [0.2, 0.25) is 0 Å². The van der Waals surface area contributed by atoms with Crippen molar-refractivity contribution in [3.05, 3.63) is 47.5 Å². The normalized spacial score (nSPS) is 10.1. The van der Waals surface area contributed by atoms with Crippen LogP contribution in [0.3, 0.4) is 0 Å². The minimum atomic E-state index is 0.632. The molecule has 0 bridgehead atoms. The molecule has 0 aliphatic heterocycles. The number of hydrogen-bond donors (Lipinski definition) is 4. The van der Waals surface area contributed by atoms with Crippen LogP contribution in [0, 0.1) is 13.8 Å². The van der Waals surface area contributed by atoms with Gasteiger partial charge in [0.05, 0.1) is 22.7 Å². The number of aryl methyl sites for hydroxylation is 2. The van der Waals surface area contributed by atoms with Gasteiger partial charge in [0.25, 0.3) is 0 Å². The fraction of sp³-hybridized carbons (Fsp3) is 0.143. The Bertz CT molecular complexity index is 523. The summed E-state index contributed by atoms with van der Waals surface area (Å²) in [4.78, 5) is 0. The Morgan fingerprint density at radius 3 is 1.89 bits per heavy atom. The average molecular weight is 242 g/mol. The first kappa shape index (κ1) is 12.1. The second-order valence-corrected chi connectivity index (χ2v) is 4.43. The molecule has 0 aliphatic rings. The van der Waals surface area contributed by atoms with Crippen molar-refractivity contribution < 1.29 is 0 Å². The summed E-state index contributed by atoms with van der Waals surface area (Å²) < 4.78 is 0. The highest BCUT2D eigenvalue weighted by molar-refractivity contribution is 5.81. The van der Waals surface area contributed by atoms with E-state index in [0.29, 0.717) is 17.1 Å². The van der Waals surface area contributed by atoms with Gasteiger partial charge in [-0.1, -0.05) is 17.7 Å². The number of nitrogen functional groups attached to an aromatic ring is 2. The van der Waals surface area contributed by atoms with Crippen molar-refractivity contribution in [2.24, 2.45) is 0 Å². The zero-order valence-electron chi connectivity index (χ0n) is 10.6. The maximum absolute atomic E-state index is 5.93. The zero-order valence-corrected chi connectivity index (χ0v) is 10.6. The molecule has 0 aliphatic carbocycles. The summed E-state index contributed by atoms with van der Waals surface area (Å²) in [5.41, 5.74) is 23.2. The molecule has 0 spiro atoms. The molecule has 94 valence electrons. The van der Waals surface area contributed by atoms with Gasteiger partial charge < -0.3 is 16.9 Å². The molecule has 0 aromatic heterocycles. The van der Waals surface area contributed by atoms with Crippen LogP contribution in [0.25, 0.3) is 0 Å². The highest BCUT2D eigenvalue weighted by Crippen LogP contribution is 2.27. The topological polar surface area (TPSA) is 76.1 Å². The number of benzene rings is 2. The lowest BCUT2D eigenvalue weighted by molar-refractivity contribution is 1.38. The summed E-state index contributed by atoms with van der Waals surface area (Å²) in [5.74, 6) is 0. The van der Waals surface area contributed by atoms with E-state index in [9.17, 15) is 0 Å². The molecule has 18 heavy (non-hydrogen) atoms. The van der Waals surface area contributed by atoms with Gasteiger partial charge in [-0.05, 0) is 43.7 Å². The van der Waals surface area contributed by atoms with Crippen LogP contribution < -0.4 is 22.3 Å². The van der Waals surface area contributed by atoms with Crippen molar-refractivity contribution in [3.63, 3.8) is 0 Å². The maximum atomic E-state index is 5.93. The average Bonchev–Trinajstić information content (AvgIpc) is 2.30. The quantitative estimate of drug-likeness (QED) is 0.493. The molecule has 0 unspecified atom stereocenters. The molecular weight excluding hydrogens is 224 g/mol. The Hall–Kier alpha value is -2.36. The monoisotopic (exact) mass is 242 g/mol. The van der Waals surface area contributed by atoms with Gasteiger partial charge in [0.2, 0.25) is 0 Å². The lowest BCUT2D eigenvalue weighted by Crippen LogP contribution is -2.12.